The first kappa shape index (κ1) is 16.7. The molecule has 0 spiro atoms. The molecule has 0 radical (unpaired) electrons. The smallest absolute Gasteiger partial charge is 0.189 e. The summed E-state index contributed by atoms with van der Waals surface area (Å²) in [6, 6.07) is 4.03. The maximum atomic E-state index is 13.7. The van der Waals surface area contributed by atoms with Gasteiger partial charge in [-0.1, -0.05) is 19.3 Å². The number of sulfone groups is 1. The molecule has 122 valence electrons. The predicted molar refractivity (Wildman–Crippen MR) is 84.8 cm³/mol. The Morgan fingerprint density at radius 2 is 2.05 bits per heavy atom. The number of halogens is 1. The van der Waals surface area contributed by atoms with Gasteiger partial charge in [-0.15, -0.1) is 0 Å². The van der Waals surface area contributed by atoms with E-state index in [1.54, 1.807) is 0 Å². The van der Waals surface area contributed by atoms with E-state index in [4.69, 9.17) is 5.73 Å². The minimum absolute atomic E-state index is 0.0146. The van der Waals surface area contributed by atoms with Gasteiger partial charge in [-0.05, 0) is 31.0 Å². The Kier molecular flexibility index (Phi) is 5.39. The van der Waals surface area contributed by atoms with Crippen LogP contribution in [0, 0.1) is 5.82 Å². The third-order valence-corrected chi connectivity index (χ3v) is 4.93. The van der Waals surface area contributed by atoms with Crippen LogP contribution in [0.1, 0.15) is 37.7 Å². The number of aliphatic imine (C=N–C) groups is 1. The Labute approximate surface area is 130 Å². The quantitative estimate of drug-likeness (QED) is 0.503. The first-order valence-corrected chi connectivity index (χ1v) is 9.30. The zero-order valence-corrected chi connectivity index (χ0v) is 13.5. The van der Waals surface area contributed by atoms with Gasteiger partial charge >= 0.3 is 0 Å². The van der Waals surface area contributed by atoms with E-state index in [1.165, 1.54) is 31.4 Å². The molecule has 1 saturated carbocycles. The van der Waals surface area contributed by atoms with Crippen LogP contribution in [-0.2, 0) is 16.4 Å². The van der Waals surface area contributed by atoms with E-state index in [2.05, 4.69) is 10.3 Å². The molecule has 0 bridgehead atoms. The van der Waals surface area contributed by atoms with Crippen molar-refractivity contribution in [1.82, 2.24) is 5.32 Å². The van der Waals surface area contributed by atoms with Crippen molar-refractivity contribution in [1.29, 1.82) is 0 Å². The van der Waals surface area contributed by atoms with Crippen LogP contribution in [-0.4, -0.2) is 26.7 Å². The Morgan fingerprint density at radius 3 is 2.68 bits per heavy atom. The molecule has 1 fully saturated rings. The number of nitrogens with zero attached hydrogens (tertiary/aromatic N) is 1. The average molecular weight is 327 g/mol. The standard InChI is InChI=1S/C15H22FN3O2S/c1-22(20,21)13-7-8-14(16)11(9-13)10-18-15(17)19-12-5-3-2-4-6-12/h7-9,12H,2-6,10H2,1H3,(H3,17,18,19). The molecule has 1 aliphatic carbocycles. The molecule has 2 rings (SSSR count). The van der Waals surface area contributed by atoms with Crippen LogP contribution in [0.25, 0.3) is 0 Å². The van der Waals surface area contributed by atoms with Crippen molar-refractivity contribution in [3.05, 3.63) is 29.6 Å². The van der Waals surface area contributed by atoms with Gasteiger partial charge in [0.15, 0.2) is 15.8 Å². The van der Waals surface area contributed by atoms with Crippen LogP contribution in [0.2, 0.25) is 0 Å². The summed E-state index contributed by atoms with van der Waals surface area (Å²) in [6.07, 6.45) is 6.82. The summed E-state index contributed by atoms with van der Waals surface area (Å²) < 4.78 is 36.7. The zero-order valence-electron chi connectivity index (χ0n) is 12.7. The van der Waals surface area contributed by atoms with Gasteiger partial charge in [0.25, 0.3) is 0 Å². The predicted octanol–water partition coefficient (Wildman–Crippen LogP) is 1.97. The summed E-state index contributed by atoms with van der Waals surface area (Å²) in [4.78, 5) is 4.20. The van der Waals surface area contributed by atoms with E-state index in [-0.39, 0.29) is 23.0 Å². The lowest BCUT2D eigenvalue weighted by molar-refractivity contribution is 0.412. The number of hydrogen-bond donors (Lipinski definition) is 2. The second-order valence-electron chi connectivity index (χ2n) is 5.71. The fraction of sp³-hybridized carbons (Fsp3) is 0.533. The normalized spacial score (nSPS) is 17.5. The third kappa shape index (κ3) is 4.69. The zero-order chi connectivity index (χ0) is 16.2. The largest absolute Gasteiger partial charge is 0.370 e. The summed E-state index contributed by atoms with van der Waals surface area (Å²) in [7, 11) is -3.37. The number of rotatable bonds is 4. The average Bonchev–Trinajstić information content (AvgIpc) is 2.46. The maximum absolute atomic E-state index is 13.7. The second kappa shape index (κ2) is 7.09. The van der Waals surface area contributed by atoms with Crippen molar-refractivity contribution < 1.29 is 12.8 Å². The number of nitrogens with two attached hydrogens (primary N) is 1. The van der Waals surface area contributed by atoms with Crippen molar-refractivity contribution in [2.75, 3.05) is 6.26 Å². The van der Waals surface area contributed by atoms with Crippen LogP contribution < -0.4 is 11.1 Å². The van der Waals surface area contributed by atoms with Gasteiger partial charge in [-0.3, -0.25) is 0 Å². The lowest BCUT2D eigenvalue weighted by atomic mass is 9.96. The topological polar surface area (TPSA) is 84.5 Å². The molecule has 7 heteroatoms. The van der Waals surface area contributed by atoms with E-state index < -0.39 is 15.7 Å². The molecule has 0 aromatic heterocycles. The molecular formula is C15H22FN3O2S. The van der Waals surface area contributed by atoms with E-state index in [1.807, 2.05) is 0 Å². The van der Waals surface area contributed by atoms with Crippen LogP contribution in [0.15, 0.2) is 28.1 Å². The Morgan fingerprint density at radius 1 is 1.36 bits per heavy atom. The number of benzene rings is 1. The second-order valence-corrected chi connectivity index (χ2v) is 7.72. The van der Waals surface area contributed by atoms with Gasteiger partial charge in [-0.2, -0.15) is 0 Å². The van der Waals surface area contributed by atoms with Gasteiger partial charge in [-0.25, -0.2) is 17.8 Å². The van der Waals surface area contributed by atoms with Crippen molar-refractivity contribution in [3.63, 3.8) is 0 Å². The third-order valence-electron chi connectivity index (χ3n) is 3.82. The van der Waals surface area contributed by atoms with E-state index in [9.17, 15) is 12.8 Å². The fourth-order valence-corrected chi connectivity index (χ4v) is 3.25. The number of hydrogen-bond acceptors (Lipinski definition) is 3. The van der Waals surface area contributed by atoms with Crippen LogP contribution in [0.3, 0.4) is 0 Å². The highest BCUT2D eigenvalue weighted by atomic mass is 32.2. The van der Waals surface area contributed by atoms with E-state index in [0.717, 1.165) is 25.2 Å². The van der Waals surface area contributed by atoms with Gasteiger partial charge in [0.05, 0.1) is 11.4 Å². The molecule has 0 saturated heterocycles. The Balaban J connectivity index is 2.04. The molecule has 3 N–H and O–H groups in total. The SMILES string of the molecule is CS(=O)(=O)c1ccc(F)c(CN=C(N)NC2CCCCC2)c1. The molecule has 1 aromatic rings. The summed E-state index contributed by atoms with van der Waals surface area (Å²) in [5.41, 5.74) is 6.04. The fourth-order valence-electron chi connectivity index (χ4n) is 2.57. The molecule has 0 aliphatic heterocycles. The van der Waals surface area contributed by atoms with Crippen LogP contribution >= 0.6 is 0 Å². The highest BCUT2D eigenvalue weighted by molar-refractivity contribution is 7.90. The number of guanidine groups is 1. The summed E-state index contributed by atoms with van der Waals surface area (Å²) in [6.45, 7) is 0.0146. The molecular weight excluding hydrogens is 305 g/mol. The molecule has 5 nitrogen and oxygen atoms in total. The molecule has 1 aliphatic rings. The monoisotopic (exact) mass is 327 g/mol. The lowest BCUT2D eigenvalue weighted by Crippen LogP contribution is -2.41. The first-order chi connectivity index (χ1) is 10.4. The molecule has 0 atom stereocenters. The molecule has 0 amide bonds. The highest BCUT2D eigenvalue weighted by Crippen LogP contribution is 2.18. The highest BCUT2D eigenvalue weighted by Gasteiger charge is 2.14. The van der Waals surface area contributed by atoms with Crippen LogP contribution in [0.4, 0.5) is 4.39 Å². The van der Waals surface area contributed by atoms with Crippen LogP contribution in [0.5, 0.6) is 0 Å². The van der Waals surface area contributed by atoms with Gasteiger partial charge in [0.1, 0.15) is 5.82 Å². The van der Waals surface area contributed by atoms with Crippen molar-refractivity contribution >= 4 is 15.8 Å². The molecule has 22 heavy (non-hydrogen) atoms. The lowest BCUT2D eigenvalue weighted by Gasteiger charge is -2.23. The van der Waals surface area contributed by atoms with Gasteiger partial charge < -0.3 is 11.1 Å². The maximum Gasteiger partial charge on any atom is 0.189 e. The summed E-state index contributed by atoms with van der Waals surface area (Å²) in [5.74, 6) is -0.210. The van der Waals surface area contributed by atoms with Crippen molar-refractivity contribution in [2.24, 2.45) is 10.7 Å². The van der Waals surface area contributed by atoms with Gasteiger partial charge in [0, 0.05) is 17.9 Å². The molecule has 0 heterocycles. The van der Waals surface area contributed by atoms with E-state index >= 15 is 0 Å². The minimum Gasteiger partial charge on any atom is -0.370 e. The molecule has 1 aromatic carbocycles. The number of nitrogens with one attached hydrogen (secondary N) is 1. The minimum atomic E-state index is -3.37. The first-order valence-electron chi connectivity index (χ1n) is 7.41. The van der Waals surface area contributed by atoms with Gasteiger partial charge in [0.2, 0.25) is 0 Å². The van der Waals surface area contributed by atoms with Crippen molar-refractivity contribution in [2.45, 2.75) is 49.6 Å². The molecule has 0 unspecified atom stereocenters. The summed E-state index contributed by atoms with van der Waals surface area (Å²) >= 11 is 0. The Hall–Kier alpha value is -1.63. The summed E-state index contributed by atoms with van der Waals surface area (Å²) in [5, 5.41) is 3.14. The Bertz CT molecular complexity index is 653. The van der Waals surface area contributed by atoms with E-state index in [0.29, 0.717) is 6.04 Å². The van der Waals surface area contributed by atoms with Crippen molar-refractivity contribution in [3.8, 4) is 0 Å².